The van der Waals surface area contributed by atoms with Crippen molar-refractivity contribution in [1.82, 2.24) is 14.5 Å². The van der Waals surface area contributed by atoms with Crippen LogP contribution in [0.1, 0.15) is 101 Å². The van der Waals surface area contributed by atoms with Crippen LogP contribution in [0.15, 0.2) is 194 Å². The molecule has 376 valence electrons. The second-order valence-corrected chi connectivity index (χ2v) is 22.0. The number of fused-ring (bicyclic) bond motifs is 1. The number of para-hydroxylation sites is 1. The average Bonchev–Trinajstić information content (AvgIpc) is 4.14. The monoisotopic (exact) mass is 1160 g/mol. The number of phenolic OH excluding ortho intramolecular Hbond substituents is 1. The first kappa shape index (κ1) is 50.0. The normalized spacial score (nSPS) is 14.3. The molecule has 2 saturated carbocycles. The summed E-state index contributed by atoms with van der Waals surface area (Å²) >= 11 is 0. The summed E-state index contributed by atoms with van der Waals surface area (Å²) in [7, 11) is 0. The number of imidazole rings is 1. The molecule has 4 nitrogen and oxygen atoms in total. The molecule has 2 heterocycles. The van der Waals surface area contributed by atoms with E-state index in [0.717, 1.165) is 90.0 Å². The van der Waals surface area contributed by atoms with Gasteiger partial charge in [0, 0.05) is 44.1 Å². The fourth-order valence-corrected chi connectivity index (χ4v) is 11.9. The molecule has 0 bridgehead atoms. The molecule has 1 N–H and O–H groups in total. The molecule has 5 heteroatoms. The van der Waals surface area contributed by atoms with E-state index in [1.165, 1.54) is 74.5 Å². The molecule has 12 rings (SSSR count). The van der Waals surface area contributed by atoms with E-state index in [1.807, 2.05) is 24.4 Å². The molecule has 0 radical (unpaired) electrons. The summed E-state index contributed by atoms with van der Waals surface area (Å²) in [5.41, 5.74) is 19.3. The molecule has 75 heavy (non-hydrogen) atoms. The van der Waals surface area contributed by atoms with Crippen LogP contribution in [0, 0.1) is 12.0 Å². The number of nitrogens with zero attached hydrogens (tertiary/aromatic N) is 3. The van der Waals surface area contributed by atoms with Crippen LogP contribution in [-0.2, 0) is 32.9 Å². The van der Waals surface area contributed by atoms with Gasteiger partial charge in [0.15, 0.2) is 0 Å². The molecule has 2 aliphatic rings. The Bertz CT molecular complexity index is 3600. The molecule has 2 fully saturated rings. The van der Waals surface area contributed by atoms with Gasteiger partial charge in [0.25, 0.3) is 0 Å². The van der Waals surface area contributed by atoms with Gasteiger partial charge in [-0.3, -0.25) is 9.55 Å². The van der Waals surface area contributed by atoms with E-state index < -0.39 is 0 Å². The molecule has 0 atom stereocenters. The van der Waals surface area contributed by atoms with Gasteiger partial charge < -0.3 is 5.11 Å². The zero-order valence-electron chi connectivity index (χ0n) is 43.3. The van der Waals surface area contributed by atoms with Crippen LogP contribution >= 0.6 is 0 Å². The maximum atomic E-state index is 12.8. The largest absolute Gasteiger partial charge is 0.507 e. The zero-order valence-corrected chi connectivity index (χ0v) is 45.6. The van der Waals surface area contributed by atoms with Crippen molar-refractivity contribution < 1.29 is 26.2 Å². The summed E-state index contributed by atoms with van der Waals surface area (Å²) in [6.07, 6.45) is 14.8. The molecule has 0 saturated heterocycles. The van der Waals surface area contributed by atoms with Crippen molar-refractivity contribution in [3.05, 3.63) is 217 Å². The number of aromatic hydroxyl groups is 1. The van der Waals surface area contributed by atoms with Crippen LogP contribution in [0.3, 0.4) is 0 Å². The van der Waals surface area contributed by atoms with Crippen LogP contribution in [0.4, 0.5) is 0 Å². The second-order valence-electron chi connectivity index (χ2n) is 22.0. The summed E-state index contributed by atoms with van der Waals surface area (Å²) in [6, 6.07) is 71.5. The van der Waals surface area contributed by atoms with Gasteiger partial charge in [0.2, 0.25) is 0 Å². The number of hydrogen-bond acceptors (Lipinski definition) is 3. The molecule has 0 unspecified atom stereocenters. The standard InChI is InChI=1S/C70H64N3O.Pt/c1-70(2,3)59-45-62(54-27-14-7-15-28-54)68(74)63(46-59)69-72-67-60(29-18-30-66(67)73(69)65-36-31-48(39-47-19-16-17-20-47)40-61(65)53-25-12-6-13-26-53)57-41-56(50-23-10-5-11-24-50)42-58(43-57)64-44-55(37-38-71-64)52-34-32-51(33-35-52)49-21-8-4-9-22-49;/h5-7,10-15,18,23-38,40-42,44-47,49,74H,4,8-9,16-17,19-22,39H2,1-3H3;/q-1;. The molecule has 0 amide bonds. The minimum Gasteiger partial charge on any atom is -0.507 e. The predicted molar refractivity (Wildman–Crippen MR) is 308 cm³/mol. The van der Waals surface area contributed by atoms with Gasteiger partial charge in [0.05, 0.1) is 22.3 Å². The Balaban J connectivity index is 0.00000602. The summed E-state index contributed by atoms with van der Waals surface area (Å²) in [6.45, 7) is 6.71. The summed E-state index contributed by atoms with van der Waals surface area (Å²) < 4.78 is 2.31. The van der Waals surface area contributed by atoms with Crippen molar-refractivity contribution in [3.8, 4) is 89.7 Å². The van der Waals surface area contributed by atoms with Crippen molar-refractivity contribution >= 4 is 11.0 Å². The summed E-state index contributed by atoms with van der Waals surface area (Å²) in [5, 5.41) is 12.8. The molecule has 2 aromatic heterocycles. The van der Waals surface area contributed by atoms with Crippen molar-refractivity contribution in [2.75, 3.05) is 0 Å². The minimum absolute atomic E-state index is 0. The van der Waals surface area contributed by atoms with Gasteiger partial charge in [-0.2, -0.15) is 0 Å². The molecular weight excluding hydrogens is 1090 g/mol. The fourth-order valence-electron chi connectivity index (χ4n) is 11.9. The molecular formula is C70H64N3OPt-. The predicted octanol–water partition coefficient (Wildman–Crippen LogP) is 18.7. The Morgan fingerprint density at radius 1 is 0.533 bits per heavy atom. The van der Waals surface area contributed by atoms with Crippen LogP contribution < -0.4 is 0 Å². The van der Waals surface area contributed by atoms with Gasteiger partial charge in [-0.15, -0.1) is 23.8 Å². The van der Waals surface area contributed by atoms with Gasteiger partial charge in [-0.25, -0.2) is 4.98 Å². The van der Waals surface area contributed by atoms with E-state index in [2.05, 4.69) is 201 Å². The fraction of sp³-hybridized carbons (Fsp3) is 0.229. The van der Waals surface area contributed by atoms with E-state index in [0.29, 0.717) is 23.2 Å². The SMILES string of the molecule is CC(C)(C)c1cc(-c2ccccc2)c(O)c(-c2nc3c(-c4[c-]c(-c5cc(-c6ccc(C7CCCCC7)cc6)ccn5)cc(-c5ccccc5)c4)cccc3n2-c2ccc(CC3CCCC3)cc2-c2ccccc2)c1.[Pt]. The number of hydrogen-bond donors (Lipinski definition) is 1. The first-order valence-corrected chi connectivity index (χ1v) is 27.1. The number of benzene rings is 8. The van der Waals surface area contributed by atoms with Crippen LogP contribution in [0.2, 0.25) is 0 Å². The van der Waals surface area contributed by atoms with E-state index in [-0.39, 0.29) is 32.2 Å². The number of pyridine rings is 1. The number of aromatic nitrogens is 3. The quantitative estimate of drug-likeness (QED) is 0.131. The van der Waals surface area contributed by atoms with Crippen molar-refractivity contribution in [1.29, 1.82) is 0 Å². The number of phenols is 1. The van der Waals surface area contributed by atoms with Crippen LogP contribution in [0.25, 0.3) is 95.0 Å². The van der Waals surface area contributed by atoms with Crippen LogP contribution in [0.5, 0.6) is 5.75 Å². The first-order chi connectivity index (χ1) is 36.2. The summed E-state index contributed by atoms with van der Waals surface area (Å²) in [4.78, 5) is 10.8. The Kier molecular flexibility index (Phi) is 14.4. The molecule has 0 aliphatic heterocycles. The van der Waals surface area contributed by atoms with Gasteiger partial charge in [-0.1, -0.05) is 222 Å². The first-order valence-electron chi connectivity index (χ1n) is 27.1. The third-order valence-electron chi connectivity index (χ3n) is 16.0. The molecule has 2 aliphatic carbocycles. The Morgan fingerprint density at radius 3 is 1.85 bits per heavy atom. The maximum Gasteiger partial charge on any atom is 0.148 e. The van der Waals surface area contributed by atoms with Crippen molar-refractivity contribution in [3.63, 3.8) is 0 Å². The maximum absolute atomic E-state index is 12.8. The van der Waals surface area contributed by atoms with Crippen LogP contribution in [-0.4, -0.2) is 19.6 Å². The van der Waals surface area contributed by atoms with E-state index >= 15 is 0 Å². The third-order valence-corrected chi connectivity index (χ3v) is 16.0. The third kappa shape index (κ3) is 10.4. The van der Waals surface area contributed by atoms with Crippen molar-refractivity contribution in [2.24, 2.45) is 5.92 Å². The minimum atomic E-state index is -0.224. The van der Waals surface area contributed by atoms with E-state index in [1.54, 1.807) is 0 Å². The Hall–Kier alpha value is -7.13. The summed E-state index contributed by atoms with van der Waals surface area (Å²) in [5.74, 6) is 2.25. The second kappa shape index (κ2) is 21.6. The van der Waals surface area contributed by atoms with Gasteiger partial charge in [-0.05, 0) is 117 Å². The van der Waals surface area contributed by atoms with E-state index in [4.69, 9.17) is 9.97 Å². The van der Waals surface area contributed by atoms with E-state index in [9.17, 15) is 5.11 Å². The van der Waals surface area contributed by atoms with Crippen molar-refractivity contribution in [2.45, 2.75) is 96.3 Å². The van der Waals surface area contributed by atoms with Gasteiger partial charge in [0.1, 0.15) is 11.6 Å². The molecule has 8 aromatic carbocycles. The smallest absolute Gasteiger partial charge is 0.148 e. The topological polar surface area (TPSA) is 50.9 Å². The zero-order chi connectivity index (χ0) is 50.2. The molecule has 0 spiro atoms. The number of rotatable bonds is 11. The Morgan fingerprint density at radius 2 is 1.16 bits per heavy atom. The van der Waals surface area contributed by atoms with Gasteiger partial charge >= 0.3 is 0 Å². The molecule has 10 aromatic rings. The Labute approximate surface area is 457 Å². The average molecular weight is 1160 g/mol.